The number of carboxylic acids is 1. The third kappa shape index (κ3) is 3.50. The van der Waals surface area contributed by atoms with E-state index in [1.165, 1.54) is 23.3 Å². The summed E-state index contributed by atoms with van der Waals surface area (Å²) in [6.07, 6.45) is 4.78. The average Bonchev–Trinajstić information content (AvgIpc) is 3.48. The number of aliphatic hydroxyl groups is 1. The Balaban J connectivity index is 0.000000193. The van der Waals surface area contributed by atoms with Crippen LogP contribution in [0.2, 0.25) is 0 Å². The van der Waals surface area contributed by atoms with Gasteiger partial charge in [-0.3, -0.25) is 4.90 Å². The molecule has 174 valence electrons. The lowest BCUT2D eigenvalue weighted by atomic mass is 9.78. The number of aromatic carboxylic acids is 1. The quantitative estimate of drug-likeness (QED) is 0.637. The molecule has 0 unspecified atom stereocenters. The Morgan fingerprint density at radius 1 is 1.18 bits per heavy atom. The van der Waals surface area contributed by atoms with E-state index in [1.54, 1.807) is 19.2 Å². The first kappa shape index (κ1) is 21.6. The zero-order valence-corrected chi connectivity index (χ0v) is 18.4. The Hall–Kier alpha value is -3.23. The van der Waals surface area contributed by atoms with Crippen LogP contribution in [0.3, 0.4) is 0 Å². The summed E-state index contributed by atoms with van der Waals surface area (Å²) in [7, 11) is 1.65. The van der Waals surface area contributed by atoms with E-state index in [0.717, 1.165) is 43.9 Å². The van der Waals surface area contributed by atoms with E-state index >= 15 is 0 Å². The number of carboxylic acid groups (broad SMARTS) is 1. The molecule has 1 saturated heterocycles. The monoisotopic (exact) mass is 453 g/mol. The fourth-order valence-corrected chi connectivity index (χ4v) is 5.65. The molecule has 3 atom stereocenters. The Labute approximate surface area is 191 Å². The van der Waals surface area contributed by atoms with Crippen LogP contribution in [0.4, 0.5) is 0 Å². The van der Waals surface area contributed by atoms with Crippen molar-refractivity contribution in [3.05, 3.63) is 64.9 Å². The lowest BCUT2D eigenvalue weighted by Crippen LogP contribution is -2.46. The molecule has 6 rings (SSSR count). The third-order valence-electron chi connectivity index (χ3n) is 7.12. The van der Waals surface area contributed by atoms with Crippen molar-refractivity contribution in [2.45, 2.75) is 36.8 Å². The number of nitrogens with zero attached hydrogens (tertiary/aromatic N) is 1. The number of phenols is 1. The van der Waals surface area contributed by atoms with Crippen LogP contribution in [-0.4, -0.2) is 64.8 Å². The zero-order chi connectivity index (χ0) is 23.2. The normalized spacial score (nSPS) is 26.8. The fourth-order valence-electron chi connectivity index (χ4n) is 5.65. The number of para-hydroxylation sites is 1. The molecule has 0 radical (unpaired) electrons. The van der Waals surface area contributed by atoms with Gasteiger partial charge < -0.3 is 29.5 Å². The number of hydrogen-bond donors (Lipinski definition) is 3. The van der Waals surface area contributed by atoms with E-state index in [1.807, 2.05) is 0 Å². The molecule has 8 heteroatoms. The van der Waals surface area contributed by atoms with Gasteiger partial charge in [0.1, 0.15) is 23.2 Å². The highest BCUT2D eigenvalue weighted by atomic mass is 16.7. The maximum Gasteiger partial charge on any atom is 0.339 e. The molecule has 1 aliphatic carbocycles. The largest absolute Gasteiger partial charge is 0.507 e. The van der Waals surface area contributed by atoms with Gasteiger partial charge >= 0.3 is 5.97 Å². The number of aliphatic hydroxyl groups excluding tert-OH is 1. The van der Waals surface area contributed by atoms with Crippen LogP contribution < -0.4 is 9.47 Å². The fraction of sp³-hybridized carbons (Fsp3) is 0.400. The van der Waals surface area contributed by atoms with Gasteiger partial charge in [0, 0.05) is 12.5 Å². The van der Waals surface area contributed by atoms with E-state index < -0.39 is 12.1 Å². The predicted octanol–water partition coefficient (Wildman–Crippen LogP) is 2.88. The molecule has 3 heterocycles. The Bertz CT molecular complexity index is 1110. The number of carbonyl (C=O) groups is 1. The van der Waals surface area contributed by atoms with Crippen molar-refractivity contribution in [1.29, 1.82) is 0 Å². The smallest absolute Gasteiger partial charge is 0.339 e. The van der Waals surface area contributed by atoms with Crippen LogP contribution in [0, 0.1) is 0 Å². The van der Waals surface area contributed by atoms with Gasteiger partial charge in [0.15, 0.2) is 11.5 Å². The predicted molar refractivity (Wildman–Crippen MR) is 119 cm³/mol. The number of fused-ring (bicyclic) bond motifs is 3. The van der Waals surface area contributed by atoms with Crippen LogP contribution >= 0.6 is 0 Å². The van der Waals surface area contributed by atoms with Crippen LogP contribution in [-0.2, 0) is 11.2 Å². The summed E-state index contributed by atoms with van der Waals surface area (Å²) in [5.74, 6) is 1.02. The van der Waals surface area contributed by atoms with E-state index in [4.69, 9.17) is 24.4 Å². The van der Waals surface area contributed by atoms with Gasteiger partial charge in [-0.05, 0) is 67.3 Å². The second-order valence-electron chi connectivity index (χ2n) is 8.73. The number of methoxy groups -OCH3 is 1. The molecule has 3 aliphatic heterocycles. The van der Waals surface area contributed by atoms with Gasteiger partial charge in [-0.15, -0.1) is 0 Å². The first-order chi connectivity index (χ1) is 15.9. The minimum atomic E-state index is -1.11. The Kier molecular flexibility index (Phi) is 5.42. The van der Waals surface area contributed by atoms with Gasteiger partial charge in [0.25, 0.3) is 0 Å². The second kappa shape index (κ2) is 8.28. The summed E-state index contributed by atoms with van der Waals surface area (Å²) in [4.78, 5) is 12.8. The van der Waals surface area contributed by atoms with Crippen molar-refractivity contribution < 1.29 is 34.3 Å². The van der Waals surface area contributed by atoms with Crippen molar-refractivity contribution in [3.63, 3.8) is 0 Å². The standard InChI is InChI=1S/C18H21NO4.C7H6O3/c1-21-15-9-18-4-2-5-19(18)6-3-11-7-13-14(23-10-22-13)8-12(11)16(18)17(15)20;8-6-4-2-1-3-5(6)7(9)10/h7-9,16-17,20H,2-6,10H2,1H3;1-4,8H,(H,9,10)/t16-,17-,18+;/m1./s1. The Morgan fingerprint density at radius 2 is 1.94 bits per heavy atom. The molecule has 0 saturated carbocycles. The Morgan fingerprint density at radius 3 is 2.64 bits per heavy atom. The maximum atomic E-state index is 11.0. The maximum absolute atomic E-state index is 11.0. The van der Waals surface area contributed by atoms with Crippen molar-refractivity contribution >= 4 is 5.97 Å². The van der Waals surface area contributed by atoms with Gasteiger partial charge in [0.05, 0.1) is 12.6 Å². The van der Waals surface area contributed by atoms with Crippen molar-refractivity contribution in [1.82, 2.24) is 4.90 Å². The first-order valence-corrected chi connectivity index (χ1v) is 11.1. The number of ether oxygens (including phenoxy) is 3. The third-order valence-corrected chi connectivity index (χ3v) is 7.12. The summed E-state index contributed by atoms with van der Waals surface area (Å²) < 4.78 is 16.6. The molecule has 33 heavy (non-hydrogen) atoms. The first-order valence-electron chi connectivity index (χ1n) is 11.1. The van der Waals surface area contributed by atoms with Crippen LogP contribution in [0.1, 0.15) is 40.2 Å². The summed E-state index contributed by atoms with van der Waals surface area (Å²) in [6.45, 7) is 2.37. The van der Waals surface area contributed by atoms with Crippen LogP contribution in [0.15, 0.2) is 48.2 Å². The lowest BCUT2D eigenvalue weighted by Gasteiger charge is -2.38. The highest BCUT2D eigenvalue weighted by Crippen LogP contribution is 2.54. The molecule has 2 aromatic carbocycles. The number of aromatic hydroxyl groups is 1. The molecule has 0 amide bonds. The number of benzene rings is 2. The highest BCUT2D eigenvalue weighted by Gasteiger charge is 2.56. The molecule has 1 spiro atoms. The van der Waals surface area contributed by atoms with Gasteiger partial charge in [-0.2, -0.15) is 0 Å². The van der Waals surface area contributed by atoms with Gasteiger partial charge in [-0.1, -0.05) is 12.1 Å². The van der Waals surface area contributed by atoms with E-state index in [-0.39, 0.29) is 29.6 Å². The minimum absolute atomic E-state index is 0.00644. The molecule has 0 aromatic heterocycles. The lowest BCUT2D eigenvalue weighted by molar-refractivity contribution is 0.0693. The molecular formula is C25H27NO7. The van der Waals surface area contributed by atoms with E-state index in [9.17, 15) is 9.90 Å². The van der Waals surface area contributed by atoms with E-state index in [2.05, 4.69) is 23.1 Å². The minimum Gasteiger partial charge on any atom is -0.507 e. The topological polar surface area (TPSA) is 109 Å². The molecule has 0 bridgehead atoms. The van der Waals surface area contributed by atoms with Crippen molar-refractivity contribution in [2.24, 2.45) is 0 Å². The summed E-state index contributed by atoms with van der Waals surface area (Å²) in [5.41, 5.74) is 2.26. The molecule has 3 N–H and O–H groups in total. The van der Waals surface area contributed by atoms with Crippen molar-refractivity contribution in [3.8, 4) is 17.2 Å². The average molecular weight is 453 g/mol. The van der Waals surface area contributed by atoms with Crippen LogP contribution in [0.5, 0.6) is 17.2 Å². The molecule has 1 fully saturated rings. The molecule has 2 aromatic rings. The molecule has 8 nitrogen and oxygen atoms in total. The van der Waals surface area contributed by atoms with Crippen LogP contribution in [0.25, 0.3) is 0 Å². The zero-order valence-electron chi connectivity index (χ0n) is 18.4. The SMILES string of the molecule is COC1=C[C@]23CCCN2CCc2cc4c(cc2[C@@H]3[C@@H]1O)OCO4.O=C(O)c1ccccc1O. The summed E-state index contributed by atoms with van der Waals surface area (Å²) in [6, 6.07) is 10.00. The van der Waals surface area contributed by atoms with Gasteiger partial charge in [0.2, 0.25) is 6.79 Å². The molecule has 4 aliphatic rings. The number of rotatable bonds is 2. The summed E-state index contributed by atoms with van der Waals surface area (Å²) in [5, 5.41) is 28.3. The second-order valence-corrected chi connectivity index (χ2v) is 8.73. The highest BCUT2D eigenvalue weighted by molar-refractivity contribution is 5.90. The summed E-state index contributed by atoms with van der Waals surface area (Å²) >= 11 is 0. The van der Waals surface area contributed by atoms with Gasteiger partial charge in [-0.25, -0.2) is 4.79 Å². The van der Waals surface area contributed by atoms with Crippen molar-refractivity contribution in [2.75, 3.05) is 27.0 Å². The molecular weight excluding hydrogens is 426 g/mol. The van der Waals surface area contributed by atoms with E-state index in [0.29, 0.717) is 5.76 Å². The number of hydrogen-bond acceptors (Lipinski definition) is 7.